The van der Waals surface area contributed by atoms with Crippen molar-refractivity contribution in [1.82, 2.24) is 9.38 Å². The third kappa shape index (κ3) is 2.14. The van der Waals surface area contributed by atoms with E-state index in [0.29, 0.717) is 12.4 Å². The maximum absolute atomic E-state index is 6.20. The van der Waals surface area contributed by atoms with E-state index < -0.39 is 0 Å². The van der Waals surface area contributed by atoms with Gasteiger partial charge in [-0.3, -0.25) is 4.40 Å². The van der Waals surface area contributed by atoms with Crippen LogP contribution in [-0.2, 0) is 0 Å². The maximum Gasteiger partial charge on any atom is 0.153 e. The van der Waals surface area contributed by atoms with E-state index in [1.165, 1.54) is 0 Å². The highest BCUT2D eigenvalue weighted by atomic mass is 79.9. The Labute approximate surface area is 125 Å². The van der Waals surface area contributed by atoms with Crippen LogP contribution in [0.15, 0.2) is 47.1 Å². The largest absolute Gasteiger partial charge is 0.494 e. The van der Waals surface area contributed by atoms with E-state index in [1.807, 2.05) is 53.9 Å². The minimum absolute atomic E-state index is 0.620. The van der Waals surface area contributed by atoms with Gasteiger partial charge in [-0.1, -0.05) is 12.1 Å². The first-order chi connectivity index (χ1) is 9.70. The van der Waals surface area contributed by atoms with Crippen LogP contribution in [0.1, 0.15) is 6.92 Å². The van der Waals surface area contributed by atoms with Gasteiger partial charge in [-0.05, 0) is 47.1 Å². The van der Waals surface area contributed by atoms with Crippen molar-refractivity contribution in [2.45, 2.75) is 6.92 Å². The molecule has 0 fully saturated rings. The minimum atomic E-state index is 0.620. The van der Waals surface area contributed by atoms with Crippen molar-refractivity contribution in [3.63, 3.8) is 0 Å². The Morgan fingerprint density at radius 1 is 1.30 bits per heavy atom. The summed E-state index contributed by atoms with van der Waals surface area (Å²) in [6.45, 7) is 2.60. The Balaban J connectivity index is 2.17. The molecule has 0 bridgehead atoms. The first kappa shape index (κ1) is 13.0. The lowest BCUT2D eigenvalue weighted by molar-refractivity contribution is 0.340. The van der Waals surface area contributed by atoms with Crippen molar-refractivity contribution in [3.05, 3.63) is 47.1 Å². The van der Waals surface area contributed by atoms with Crippen LogP contribution in [0.2, 0.25) is 0 Å². The third-order valence-electron chi connectivity index (χ3n) is 3.06. The standard InChI is InChI=1S/C15H14BrN3O/c1-2-20-11-6-3-5-10(9-11)13-14(17)19-8-4-7-12(16)15(19)18-13/h3-9H,2,17H2,1H3. The molecule has 0 amide bonds. The molecule has 0 aliphatic rings. The molecule has 3 aromatic rings. The summed E-state index contributed by atoms with van der Waals surface area (Å²) in [5, 5.41) is 0. The number of nitrogens with zero attached hydrogens (tertiary/aromatic N) is 2. The van der Waals surface area contributed by atoms with Crippen molar-refractivity contribution in [2.75, 3.05) is 12.3 Å². The topological polar surface area (TPSA) is 52.5 Å². The number of hydrogen-bond acceptors (Lipinski definition) is 3. The lowest BCUT2D eigenvalue weighted by Gasteiger charge is -2.05. The average molecular weight is 332 g/mol. The Kier molecular flexibility index (Phi) is 3.36. The summed E-state index contributed by atoms with van der Waals surface area (Å²) in [5.74, 6) is 1.44. The van der Waals surface area contributed by atoms with Crippen molar-refractivity contribution >= 4 is 27.4 Å². The van der Waals surface area contributed by atoms with E-state index in [-0.39, 0.29) is 0 Å². The van der Waals surface area contributed by atoms with Gasteiger partial charge in [-0.15, -0.1) is 0 Å². The number of anilines is 1. The average Bonchev–Trinajstić information content (AvgIpc) is 2.79. The minimum Gasteiger partial charge on any atom is -0.494 e. The van der Waals surface area contributed by atoms with Crippen LogP contribution in [0.5, 0.6) is 5.75 Å². The highest BCUT2D eigenvalue weighted by Gasteiger charge is 2.13. The second-order valence-corrected chi connectivity index (χ2v) is 5.21. The van der Waals surface area contributed by atoms with E-state index in [4.69, 9.17) is 10.5 Å². The van der Waals surface area contributed by atoms with E-state index in [0.717, 1.165) is 27.1 Å². The van der Waals surface area contributed by atoms with Crippen molar-refractivity contribution in [3.8, 4) is 17.0 Å². The molecule has 0 unspecified atom stereocenters. The quantitative estimate of drug-likeness (QED) is 0.795. The number of nitrogen functional groups attached to an aromatic ring is 1. The van der Waals surface area contributed by atoms with Crippen LogP contribution in [0.4, 0.5) is 5.82 Å². The number of hydrogen-bond donors (Lipinski definition) is 1. The van der Waals surface area contributed by atoms with E-state index >= 15 is 0 Å². The van der Waals surface area contributed by atoms with Crippen LogP contribution in [0.3, 0.4) is 0 Å². The monoisotopic (exact) mass is 331 g/mol. The summed E-state index contributed by atoms with van der Waals surface area (Å²) in [7, 11) is 0. The number of halogens is 1. The lowest BCUT2D eigenvalue weighted by Crippen LogP contribution is -1.94. The molecule has 102 valence electrons. The third-order valence-corrected chi connectivity index (χ3v) is 3.68. The molecule has 0 saturated heterocycles. The van der Waals surface area contributed by atoms with Crippen LogP contribution in [0.25, 0.3) is 16.9 Å². The van der Waals surface area contributed by atoms with Crippen LogP contribution in [-0.4, -0.2) is 16.0 Å². The van der Waals surface area contributed by atoms with Crippen LogP contribution in [0, 0.1) is 0 Å². The number of imidazole rings is 1. The molecule has 0 radical (unpaired) electrons. The fraction of sp³-hybridized carbons (Fsp3) is 0.133. The van der Waals surface area contributed by atoms with Gasteiger partial charge in [-0.25, -0.2) is 4.98 Å². The first-order valence-corrected chi connectivity index (χ1v) is 7.15. The summed E-state index contributed by atoms with van der Waals surface area (Å²) < 4.78 is 8.30. The molecule has 20 heavy (non-hydrogen) atoms. The highest BCUT2D eigenvalue weighted by molar-refractivity contribution is 9.10. The second-order valence-electron chi connectivity index (χ2n) is 4.36. The van der Waals surface area contributed by atoms with E-state index in [2.05, 4.69) is 20.9 Å². The summed E-state index contributed by atoms with van der Waals surface area (Å²) in [6.07, 6.45) is 1.90. The molecule has 4 nitrogen and oxygen atoms in total. The molecule has 0 saturated carbocycles. The van der Waals surface area contributed by atoms with Crippen molar-refractivity contribution in [2.24, 2.45) is 0 Å². The molecular formula is C15H14BrN3O. The molecule has 5 heteroatoms. The van der Waals surface area contributed by atoms with Gasteiger partial charge >= 0.3 is 0 Å². The zero-order chi connectivity index (χ0) is 14.1. The molecule has 3 rings (SSSR count). The maximum atomic E-state index is 6.20. The molecular weight excluding hydrogens is 318 g/mol. The molecule has 0 atom stereocenters. The Hall–Kier alpha value is -2.01. The fourth-order valence-electron chi connectivity index (χ4n) is 2.17. The molecule has 2 heterocycles. The number of nitrogens with two attached hydrogens (primary N) is 1. The van der Waals surface area contributed by atoms with Gasteiger partial charge in [0, 0.05) is 11.8 Å². The number of pyridine rings is 1. The normalized spacial score (nSPS) is 10.9. The summed E-state index contributed by atoms with van der Waals surface area (Å²) in [6, 6.07) is 11.7. The molecule has 2 aromatic heterocycles. The number of fused-ring (bicyclic) bond motifs is 1. The van der Waals surface area contributed by atoms with E-state index in [9.17, 15) is 0 Å². The molecule has 0 aliphatic heterocycles. The van der Waals surface area contributed by atoms with Crippen LogP contribution >= 0.6 is 15.9 Å². The number of benzene rings is 1. The van der Waals surface area contributed by atoms with Gasteiger partial charge < -0.3 is 10.5 Å². The van der Waals surface area contributed by atoms with Gasteiger partial charge in [0.2, 0.25) is 0 Å². The Morgan fingerprint density at radius 3 is 2.90 bits per heavy atom. The highest BCUT2D eigenvalue weighted by Crippen LogP contribution is 2.31. The summed E-state index contributed by atoms with van der Waals surface area (Å²) in [5.41, 5.74) is 8.72. The van der Waals surface area contributed by atoms with Gasteiger partial charge in [0.15, 0.2) is 5.65 Å². The number of aromatic nitrogens is 2. The first-order valence-electron chi connectivity index (χ1n) is 6.36. The predicted molar refractivity (Wildman–Crippen MR) is 83.9 cm³/mol. The molecule has 0 spiro atoms. The predicted octanol–water partition coefficient (Wildman–Crippen LogP) is 3.74. The van der Waals surface area contributed by atoms with Gasteiger partial charge in [0.25, 0.3) is 0 Å². The number of rotatable bonds is 3. The fourth-order valence-corrected chi connectivity index (χ4v) is 2.60. The lowest BCUT2D eigenvalue weighted by atomic mass is 10.1. The van der Waals surface area contributed by atoms with Gasteiger partial charge in [-0.2, -0.15) is 0 Å². The SMILES string of the molecule is CCOc1cccc(-c2nc3c(Br)cccn3c2N)c1. The summed E-state index contributed by atoms with van der Waals surface area (Å²) >= 11 is 3.49. The van der Waals surface area contributed by atoms with Crippen molar-refractivity contribution in [1.29, 1.82) is 0 Å². The zero-order valence-electron chi connectivity index (χ0n) is 11.0. The van der Waals surface area contributed by atoms with Crippen molar-refractivity contribution < 1.29 is 4.74 Å². The molecule has 0 aliphatic carbocycles. The zero-order valence-corrected chi connectivity index (χ0v) is 12.6. The molecule has 2 N–H and O–H groups in total. The smallest absolute Gasteiger partial charge is 0.153 e. The Bertz CT molecular complexity index is 767. The number of ether oxygens (including phenoxy) is 1. The van der Waals surface area contributed by atoms with Gasteiger partial charge in [0.1, 0.15) is 17.3 Å². The summed E-state index contributed by atoms with van der Waals surface area (Å²) in [4.78, 5) is 4.62. The Morgan fingerprint density at radius 2 is 2.15 bits per heavy atom. The second kappa shape index (κ2) is 5.17. The van der Waals surface area contributed by atoms with Gasteiger partial charge in [0.05, 0.1) is 11.1 Å². The molecule has 1 aromatic carbocycles. The van der Waals surface area contributed by atoms with Crippen LogP contribution < -0.4 is 10.5 Å². The van der Waals surface area contributed by atoms with E-state index in [1.54, 1.807) is 0 Å².